The van der Waals surface area contributed by atoms with Crippen molar-refractivity contribution in [2.45, 2.75) is 25.8 Å². The molecule has 2 aromatic heterocycles. The van der Waals surface area contributed by atoms with E-state index >= 15 is 0 Å². The second-order valence-electron chi connectivity index (χ2n) is 8.25. The fourth-order valence-corrected chi connectivity index (χ4v) is 7.11. The molecule has 0 fully saturated rings. The van der Waals surface area contributed by atoms with Crippen LogP contribution in [-0.2, 0) is 6.42 Å². The van der Waals surface area contributed by atoms with E-state index in [1.165, 1.54) is 32.9 Å². The van der Waals surface area contributed by atoms with E-state index in [4.69, 9.17) is 9.73 Å². The summed E-state index contributed by atoms with van der Waals surface area (Å²) >= 11 is 6.74. The number of ether oxygens (including phenoxy) is 1. The first-order chi connectivity index (χ1) is 16.6. The maximum Gasteiger partial charge on any atom is 0.271 e. The third-order valence-electron chi connectivity index (χ3n) is 6.24. The Morgan fingerprint density at radius 3 is 2.85 bits per heavy atom. The molecule has 0 spiro atoms. The number of nitrogens with zero attached hydrogens (tertiary/aromatic N) is 2. The van der Waals surface area contributed by atoms with Crippen molar-refractivity contribution in [1.82, 2.24) is 4.57 Å². The maximum atomic E-state index is 13.7. The van der Waals surface area contributed by atoms with E-state index in [1.54, 1.807) is 11.3 Å². The molecule has 0 saturated carbocycles. The molecular formula is C27H21BrN2O2S2. The van der Waals surface area contributed by atoms with Gasteiger partial charge in [-0.05, 0) is 82.1 Å². The van der Waals surface area contributed by atoms with Crippen molar-refractivity contribution in [3.63, 3.8) is 0 Å². The first-order valence-corrected chi connectivity index (χ1v) is 13.7. The van der Waals surface area contributed by atoms with E-state index in [0.717, 1.165) is 39.1 Å². The summed E-state index contributed by atoms with van der Waals surface area (Å²) in [5, 5.41) is 2.08. The number of aromatic nitrogens is 1. The third kappa shape index (κ3) is 3.63. The number of hydrogen-bond donors (Lipinski definition) is 0. The Morgan fingerprint density at radius 1 is 1.18 bits per heavy atom. The van der Waals surface area contributed by atoms with E-state index in [-0.39, 0.29) is 11.6 Å². The molecule has 1 aliphatic heterocycles. The summed E-state index contributed by atoms with van der Waals surface area (Å²) in [4.78, 5) is 20.7. The molecule has 170 valence electrons. The third-order valence-corrected chi connectivity index (χ3v) is 8.77. The number of halogens is 1. The van der Waals surface area contributed by atoms with Gasteiger partial charge in [0, 0.05) is 10.4 Å². The largest absolute Gasteiger partial charge is 0.493 e. The molecule has 0 bridgehead atoms. The number of allylic oxidation sites excluding steroid dienone is 1. The Kier molecular flexibility index (Phi) is 5.63. The van der Waals surface area contributed by atoms with E-state index in [9.17, 15) is 4.79 Å². The normalized spacial score (nSPS) is 17.1. The number of thiazole rings is 1. The lowest BCUT2D eigenvalue weighted by molar-refractivity contribution is 0.338. The number of thiophene rings is 1. The summed E-state index contributed by atoms with van der Waals surface area (Å²) in [5.41, 5.74) is 5.76. The summed E-state index contributed by atoms with van der Waals surface area (Å²) in [6.45, 7) is 2.57. The van der Waals surface area contributed by atoms with Gasteiger partial charge in [-0.3, -0.25) is 9.36 Å². The summed E-state index contributed by atoms with van der Waals surface area (Å²) in [5.74, 6) is 0.796. The van der Waals surface area contributed by atoms with Gasteiger partial charge in [-0.15, -0.1) is 11.3 Å². The van der Waals surface area contributed by atoms with Crippen LogP contribution in [0.25, 0.3) is 11.8 Å². The molecule has 2 aromatic carbocycles. The summed E-state index contributed by atoms with van der Waals surface area (Å²) in [6.07, 6.45) is 3.83. The Bertz CT molecular complexity index is 1610. The highest BCUT2D eigenvalue weighted by Gasteiger charge is 2.32. The molecule has 3 heterocycles. The number of aryl methyl sites for hydroxylation is 1. The summed E-state index contributed by atoms with van der Waals surface area (Å²) in [7, 11) is 0. The molecule has 1 aliphatic carbocycles. The standard InChI is InChI=1S/C27H21BrN2O2S2/c1-2-32-21-12-9-16(14-20(21)28)15-23-26(31)30-25(22-8-5-13-33-22)19-11-10-17-6-3-4-7-18(17)24(19)29-27(30)34-23/h3-9,12-15,25H,2,10-11H2,1H3. The highest BCUT2D eigenvalue weighted by Crippen LogP contribution is 2.42. The lowest BCUT2D eigenvalue weighted by Gasteiger charge is -2.30. The van der Waals surface area contributed by atoms with Gasteiger partial charge in [0.25, 0.3) is 5.56 Å². The second-order valence-corrected chi connectivity index (χ2v) is 11.1. The first kappa shape index (κ1) is 21.8. The fourth-order valence-electron chi connectivity index (χ4n) is 4.75. The predicted molar refractivity (Wildman–Crippen MR) is 142 cm³/mol. The van der Waals surface area contributed by atoms with Crippen LogP contribution in [-0.4, -0.2) is 11.2 Å². The number of fused-ring (bicyclic) bond motifs is 3. The van der Waals surface area contributed by atoms with Crippen LogP contribution in [0.1, 0.15) is 41.0 Å². The predicted octanol–water partition coefficient (Wildman–Crippen LogP) is 5.54. The van der Waals surface area contributed by atoms with Gasteiger partial charge < -0.3 is 4.74 Å². The zero-order valence-electron chi connectivity index (χ0n) is 18.5. The molecule has 4 aromatic rings. The van der Waals surface area contributed by atoms with Crippen molar-refractivity contribution >= 4 is 50.4 Å². The molecule has 0 N–H and O–H groups in total. The molecule has 34 heavy (non-hydrogen) atoms. The van der Waals surface area contributed by atoms with Crippen LogP contribution in [0.2, 0.25) is 0 Å². The molecule has 2 aliphatic rings. The lowest BCUT2D eigenvalue weighted by Crippen LogP contribution is -2.38. The molecular weight excluding hydrogens is 528 g/mol. The van der Waals surface area contributed by atoms with Crippen LogP contribution in [0.3, 0.4) is 0 Å². The smallest absolute Gasteiger partial charge is 0.271 e. The van der Waals surface area contributed by atoms with Crippen molar-refractivity contribution < 1.29 is 4.74 Å². The van der Waals surface area contributed by atoms with E-state index in [2.05, 4.69) is 57.7 Å². The van der Waals surface area contributed by atoms with Crippen LogP contribution < -0.4 is 19.6 Å². The molecule has 1 atom stereocenters. The molecule has 7 heteroatoms. The van der Waals surface area contributed by atoms with Crippen molar-refractivity contribution in [1.29, 1.82) is 0 Å². The fraction of sp³-hybridized carbons (Fsp3) is 0.185. The lowest BCUT2D eigenvalue weighted by atomic mass is 9.85. The minimum Gasteiger partial charge on any atom is -0.493 e. The van der Waals surface area contributed by atoms with Crippen molar-refractivity contribution in [2.24, 2.45) is 4.99 Å². The van der Waals surface area contributed by atoms with Crippen LogP contribution in [0.4, 0.5) is 0 Å². The van der Waals surface area contributed by atoms with Gasteiger partial charge in [0.2, 0.25) is 0 Å². The number of rotatable bonds is 4. The zero-order chi connectivity index (χ0) is 23.2. The molecule has 1 unspecified atom stereocenters. The average molecular weight is 550 g/mol. The van der Waals surface area contributed by atoms with Gasteiger partial charge in [-0.25, -0.2) is 4.99 Å². The molecule has 0 radical (unpaired) electrons. The van der Waals surface area contributed by atoms with Crippen LogP contribution >= 0.6 is 38.6 Å². The van der Waals surface area contributed by atoms with Gasteiger partial charge in [0.15, 0.2) is 4.80 Å². The maximum absolute atomic E-state index is 13.7. The van der Waals surface area contributed by atoms with Gasteiger partial charge >= 0.3 is 0 Å². The van der Waals surface area contributed by atoms with Gasteiger partial charge in [0.1, 0.15) is 5.75 Å². The Hall–Kier alpha value is -2.74. The molecule has 0 amide bonds. The Balaban J connectivity index is 1.55. The van der Waals surface area contributed by atoms with E-state index in [0.29, 0.717) is 11.1 Å². The van der Waals surface area contributed by atoms with Crippen molar-refractivity contribution in [2.75, 3.05) is 6.61 Å². The monoisotopic (exact) mass is 548 g/mol. The number of benzene rings is 2. The van der Waals surface area contributed by atoms with Gasteiger partial charge in [0.05, 0.1) is 27.4 Å². The minimum atomic E-state index is -0.103. The first-order valence-electron chi connectivity index (χ1n) is 11.2. The highest BCUT2D eigenvalue weighted by molar-refractivity contribution is 9.10. The van der Waals surface area contributed by atoms with Crippen molar-refractivity contribution in [3.05, 3.63) is 111 Å². The molecule has 0 saturated heterocycles. The summed E-state index contributed by atoms with van der Waals surface area (Å²) in [6, 6.07) is 18.5. The summed E-state index contributed by atoms with van der Waals surface area (Å²) < 4.78 is 9.09. The van der Waals surface area contributed by atoms with E-state index < -0.39 is 0 Å². The van der Waals surface area contributed by atoms with Gasteiger partial charge in [-0.1, -0.05) is 47.7 Å². The quantitative estimate of drug-likeness (QED) is 0.336. The SMILES string of the molecule is CCOc1ccc(C=c2sc3n(c2=O)C(c2cccs2)C2=C(N=3)c3ccccc3CC2)cc1Br. The second kappa shape index (κ2) is 8.80. The zero-order valence-corrected chi connectivity index (χ0v) is 21.7. The Labute approximate surface area is 213 Å². The highest BCUT2D eigenvalue weighted by atomic mass is 79.9. The topological polar surface area (TPSA) is 43.6 Å². The minimum absolute atomic E-state index is 0.0116. The van der Waals surface area contributed by atoms with Crippen LogP contribution in [0, 0.1) is 0 Å². The number of hydrogen-bond acceptors (Lipinski definition) is 5. The van der Waals surface area contributed by atoms with Crippen LogP contribution in [0.15, 0.2) is 79.8 Å². The van der Waals surface area contributed by atoms with Crippen LogP contribution in [0.5, 0.6) is 5.75 Å². The van der Waals surface area contributed by atoms with E-state index in [1.807, 2.05) is 35.8 Å². The van der Waals surface area contributed by atoms with Crippen molar-refractivity contribution in [3.8, 4) is 5.75 Å². The molecule has 4 nitrogen and oxygen atoms in total. The van der Waals surface area contributed by atoms with Gasteiger partial charge in [-0.2, -0.15) is 0 Å². The Morgan fingerprint density at radius 2 is 2.06 bits per heavy atom. The molecule has 6 rings (SSSR count). The average Bonchev–Trinajstić information content (AvgIpc) is 3.48.